The minimum absolute atomic E-state index is 0.0187. The summed E-state index contributed by atoms with van der Waals surface area (Å²) in [4.78, 5) is 29.4. The van der Waals surface area contributed by atoms with Crippen molar-refractivity contribution in [2.45, 2.75) is 38.0 Å². The van der Waals surface area contributed by atoms with Gasteiger partial charge in [0.15, 0.2) is 9.84 Å². The fourth-order valence-electron chi connectivity index (χ4n) is 3.92. The van der Waals surface area contributed by atoms with Crippen molar-refractivity contribution in [3.05, 3.63) is 0 Å². The highest BCUT2D eigenvalue weighted by atomic mass is 32.2. The normalized spacial score (nSPS) is 30.6. The van der Waals surface area contributed by atoms with E-state index in [0.717, 1.165) is 31.1 Å². The van der Waals surface area contributed by atoms with E-state index in [1.807, 2.05) is 0 Å². The minimum atomic E-state index is -2.88. The van der Waals surface area contributed by atoms with Crippen LogP contribution in [0.2, 0.25) is 0 Å². The maximum Gasteiger partial charge on any atom is 0.325 e. The van der Waals surface area contributed by atoms with Crippen LogP contribution >= 0.6 is 0 Å². The van der Waals surface area contributed by atoms with E-state index in [2.05, 4.69) is 15.1 Å². The van der Waals surface area contributed by atoms with Crippen molar-refractivity contribution in [3.63, 3.8) is 0 Å². The lowest BCUT2D eigenvalue weighted by Crippen LogP contribution is -2.53. The van der Waals surface area contributed by atoms with E-state index in [1.165, 1.54) is 0 Å². The van der Waals surface area contributed by atoms with Gasteiger partial charge in [0.05, 0.1) is 24.2 Å². The van der Waals surface area contributed by atoms with Crippen LogP contribution in [-0.4, -0.2) is 109 Å². The van der Waals surface area contributed by atoms with Gasteiger partial charge in [0, 0.05) is 38.8 Å². The fraction of sp³-hybridized carbons (Fsp3) is 0.875. The number of nitrogens with one attached hydrogen (secondary N) is 1. The Kier molecular flexibility index (Phi) is 5.31. The standard InChI is InChI=1S/C16H28N4O5S/c1-16(2)14(22)20(15(23)17-16)10-13(21)9-18-4-6-19(7-5-18)12-3-8-26(24,25)11-12/h12-13,21H,3-11H2,1-2H3,(H,17,23)/t12-,13+/m0/s1. The van der Waals surface area contributed by atoms with E-state index >= 15 is 0 Å². The first-order valence-corrected chi connectivity index (χ1v) is 10.9. The number of carbonyl (C=O) groups is 2. The van der Waals surface area contributed by atoms with Crippen LogP contribution in [0.4, 0.5) is 4.79 Å². The molecule has 3 aliphatic heterocycles. The molecule has 3 heterocycles. The van der Waals surface area contributed by atoms with Gasteiger partial charge in [-0.15, -0.1) is 0 Å². The van der Waals surface area contributed by atoms with E-state index in [4.69, 9.17) is 0 Å². The topological polar surface area (TPSA) is 110 Å². The van der Waals surface area contributed by atoms with Crippen LogP contribution in [0.1, 0.15) is 20.3 Å². The number of sulfone groups is 1. The Morgan fingerprint density at radius 2 is 1.85 bits per heavy atom. The molecule has 0 unspecified atom stereocenters. The Morgan fingerprint density at radius 1 is 1.19 bits per heavy atom. The molecule has 3 aliphatic rings. The second-order valence-electron chi connectivity index (χ2n) is 8.02. The quantitative estimate of drug-likeness (QED) is 0.551. The molecule has 0 aliphatic carbocycles. The number of carbonyl (C=O) groups excluding carboxylic acids is 2. The Balaban J connectivity index is 1.45. The molecule has 0 radical (unpaired) electrons. The van der Waals surface area contributed by atoms with Gasteiger partial charge in [-0.05, 0) is 20.3 Å². The predicted octanol–water partition coefficient (Wildman–Crippen LogP) is -1.52. The molecule has 3 rings (SSSR count). The van der Waals surface area contributed by atoms with Gasteiger partial charge in [-0.25, -0.2) is 13.2 Å². The number of aliphatic hydroxyl groups excluding tert-OH is 1. The van der Waals surface area contributed by atoms with Crippen LogP contribution < -0.4 is 5.32 Å². The molecule has 3 amide bonds. The minimum Gasteiger partial charge on any atom is -0.390 e. The molecule has 0 aromatic carbocycles. The van der Waals surface area contributed by atoms with E-state index < -0.39 is 27.5 Å². The highest BCUT2D eigenvalue weighted by molar-refractivity contribution is 7.91. The summed E-state index contributed by atoms with van der Waals surface area (Å²) in [6, 6.07) is -0.355. The first-order chi connectivity index (χ1) is 12.1. The number of imide groups is 1. The Hall–Kier alpha value is -1.23. The number of rotatable bonds is 5. The SMILES string of the molecule is CC1(C)NC(=O)N(C[C@H](O)CN2CCN([C@H]3CCS(=O)(=O)C3)CC2)C1=O. The highest BCUT2D eigenvalue weighted by Crippen LogP contribution is 2.20. The molecule has 0 bridgehead atoms. The van der Waals surface area contributed by atoms with Gasteiger partial charge in [-0.2, -0.15) is 0 Å². The van der Waals surface area contributed by atoms with E-state index in [1.54, 1.807) is 13.8 Å². The van der Waals surface area contributed by atoms with Crippen molar-refractivity contribution < 1.29 is 23.1 Å². The summed E-state index contributed by atoms with van der Waals surface area (Å²) in [6.45, 7) is 6.65. The summed E-state index contributed by atoms with van der Waals surface area (Å²) in [6.07, 6.45) is -0.107. The monoisotopic (exact) mass is 388 g/mol. The molecule has 10 heteroatoms. The second-order valence-corrected chi connectivity index (χ2v) is 10.2. The van der Waals surface area contributed by atoms with Crippen LogP contribution in [0.5, 0.6) is 0 Å². The van der Waals surface area contributed by atoms with Gasteiger partial charge < -0.3 is 10.4 Å². The highest BCUT2D eigenvalue weighted by Gasteiger charge is 2.44. The van der Waals surface area contributed by atoms with Crippen molar-refractivity contribution in [2.24, 2.45) is 0 Å². The summed E-state index contributed by atoms with van der Waals surface area (Å²) in [7, 11) is -2.88. The molecule has 0 aromatic rings. The number of nitrogens with zero attached hydrogens (tertiary/aromatic N) is 3. The van der Waals surface area contributed by atoms with Crippen LogP contribution in [0.15, 0.2) is 0 Å². The van der Waals surface area contributed by atoms with Crippen LogP contribution in [0, 0.1) is 0 Å². The number of amides is 3. The van der Waals surface area contributed by atoms with Crippen molar-refractivity contribution in [3.8, 4) is 0 Å². The molecule has 3 saturated heterocycles. The zero-order valence-electron chi connectivity index (χ0n) is 15.3. The van der Waals surface area contributed by atoms with Crippen molar-refractivity contribution in [2.75, 3.05) is 50.8 Å². The smallest absolute Gasteiger partial charge is 0.325 e. The van der Waals surface area contributed by atoms with Gasteiger partial charge in [0.2, 0.25) is 0 Å². The van der Waals surface area contributed by atoms with Gasteiger partial charge in [-0.3, -0.25) is 19.5 Å². The third-order valence-electron chi connectivity index (χ3n) is 5.44. The maximum atomic E-state index is 12.2. The van der Waals surface area contributed by atoms with Crippen molar-refractivity contribution >= 4 is 21.8 Å². The molecule has 0 saturated carbocycles. The third-order valence-corrected chi connectivity index (χ3v) is 7.19. The molecule has 0 aromatic heterocycles. The van der Waals surface area contributed by atoms with Crippen LogP contribution in [-0.2, 0) is 14.6 Å². The number of aliphatic hydroxyl groups is 1. The Labute approximate surface area is 154 Å². The molecule has 26 heavy (non-hydrogen) atoms. The van der Waals surface area contributed by atoms with Gasteiger partial charge >= 0.3 is 6.03 Å². The van der Waals surface area contributed by atoms with Crippen molar-refractivity contribution in [1.29, 1.82) is 0 Å². The summed E-state index contributed by atoms with van der Waals surface area (Å²) in [5.74, 6) is 0.199. The summed E-state index contributed by atoms with van der Waals surface area (Å²) in [5, 5.41) is 12.9. The molecule has 148 valence electrons. The zero-order chi connectivity index (χ0) is 19.1. The number of hydrogen-bond donors (Lipinski definition) is 2. The molecule has 2 N–H and O–H groups in total. The third kappa shape index (κ3) is 4.19. The molecular weight excluding hydrogens is 360 g/mol. The number of β-amino-alcohol motifs (C(OH)–C–C–N with tert-alkyl or cyclic N) is 1. The van der Waals surface area contributed by atoms with E-state index in [9.17, 15) is 23.1 Å². The Morgan fingerprint density at radius 3 is 2.35 bits per heavy atom. The largest absolute Gasteiger partial charge is 0.390 e. The van der Waals surface area contributed by atoms with Gasteiger partial charge in [-0.1, -0.05) is 0 Å². The van der Waals surface area contributed by atoms with Crippen LogP contribution in [0.25, 0.3) is 0 Å². The first kappa shape index (κ1) is 19.5. The summed E-state index contributed by atoms with van der Waals surface area (Å²) in [5.41, 5.74) is -0.927. The maximum absolute atomic E-state index is 12.2. The summed E-state index contributed by atoms with van der Waals surface area (Å²) < 4.78 is 23.2. The second kappa shape index (κ2) is 7.06. The zero-order valence-corrected chi connectivity index (χ0v) is 16.2. The summed E-state index contributed by atoms with van der Waals surface area (Å²) >= 11 is 0. The van der Waals surface area contributed by atoms with E-state index in [0.29, 0.717) is 13.0 Å². The Bertz CT molecular complexity index is 672. The van der Waals surface area contributed by atoms with Gasteiger partial charge in [0.1, 0.15) is 5.54 Å². The van der Waals surface area contributed by atoms with Crippen molar-refractivity contribution in [1.82, 2.24) is 20.0 Å². The predicted molar refractivity (Wildman–Crippen MR) is 95.4 cm³/mol. The molecule has 2 atom stereocenters. The lowest BCUT2D eigenvalue weighted by Gasteiger charge is -2.38. The fourth-order valence-corrected chi connectivity index (χ4v) is 5.69. The number of hydrogen-bond acceptors (Lipinski definition) is 7. The average molecular weight is 388 g/mol. The lowest BCUT2D eigenvalue weighted by atomic mass is 10.1. The van der Waals surface area contributed by atoms with Gasteiger partial charge in [0.25, 0.3) is 5.91 Å². The average Bonchev–Trinajstić information content (AvgIpc) is 3.00. The molecule has 9 nitrogen and oxygen atoms in total. The molecule has 3 fully saturated rings. The van der Waals surface area contributed by atoms with Crippen LogP contribution in [0.3, 0.4) is 0 Å². The molecule has 0 spiro atoms. The number of piperazine rings is 1. The molecular formula is C16H28N4O5S. The lowest BCUT2D eigenvalue weighted by molar-refractivity contribution is -0.131. The first-order valence-electron chi connectivity index (χ1n) is 9.06. The van der Waals surface area contributed by atoms with E-state index in [-0.39, 0.29) is 30.0 Å². The number of urea groups is 1.